The molecule has 1 amide bonds. The van der Waals surface area contributed by atoms with Crippen molar-refractivity contribution in [2.24, 2.45) is 7.05 Å². The lowest BCUT2D eigenvalue weighted by molar-refractivity contribution is 0.102. The molecule has 0 spiro atoms. The smallest absolute Gasteiger partial charge is 0.255 e. The van der Waals surface area contributed by atoms with Crippen molar-refractivity contribution >= 4 is 11.6 Å². The van der Waals surface area contributed by atoms with Gasteiger partial charge in [0, 0.05) is 18.8 Å². The van der Waals surface area contributed by atoms with E-state index in [4.69, 9.17) is 0 Å². The molecule has 1 heterocycles. The molecule has 0 fully saturated rings. The highest BCUT2D eigenvalue weighted by atomic mass is 19.2. The molecule has 4 nitrogen and oxygen atoms in total. The van der Waals surface area contributed by atoms with Crippen molar-refractivity contribution in [3.63, 3.8) is 0 Å². The quantitative estimate of drug-likeness (QED) is 0.867. The summed E-state index contributed by atoms with van der Waals surface area (Å²) in [6.07, 6.45) is 3.05. The molecule has 1 aromatic heterocycles. The lowest BCUT2D eigenvalue weighted by Gasteiger charge is -2.02. The summed E-state index contributed by atoms with van der Waals surface area (Å²) < 4.78 is 27.1. The molecule has 0 radical (unpaired) electrons. The zero-order chi connectivity index (χ0) is 12.4. The van der Waals surface area contributed by atoms with Crippen LogP contribution in [0.25, 0.3) is 0 Å². The third kappa shape index (κ3) is 2.47. The lowest BCUT2D eigenvalue weighted by atomic mass is 10.2. The minimum Gasteiger partial charge on any atom is -0.319 e. The number of carbonyl (C=O) groups excluding carboxylic acids is 1. The molecule has 1 N–H and O–H groups in total. The van der Waals surface area contributed by atoms with E-state index in [1.165, 1.54) is 16.9 Å². The monoisotopic (exact) mass is 237 g/mol. The summed E-state index contributed by atoms with van der Waals surface area (Å²) in [5.74, 6) is -2.55. The van der Waals surface area contributed by atoms with E-state index in [2.05, 4.69) is 10.4 Å². The van der Waals surface area contributed by atoms with Crippen molar-refractivity contribution < 1.29 is 13.6 Å². The van der Waals surface area contributed by atoms with Crippen LogP contribution in [0.2, 0.25) is 0 Å². The van der Waals surface area contributed by atoms with Gasteiger partial charge in [0.25, 0.3) is 5.91 Å². The molecular weight excluding hydrogens is 228 g/mol. The molecule has 1 aromatic carbocycles. The van der Waals surface area contributed by atoms with E-state index in [-0.39, 0.29) is 5.56 Å². The normalized spacial score (nSPS) is 10.3. The minimum absolute atomic E-state index is 0.0488. The Morgan fingerprint density at radius 1 is 1.35 bits per heavy atom. The Morgan fingerprint density at radius 2 is 2.12 bits per heavy atom. The maximum atomic E-state index is 12.9. The van der Waals surface area contributed by atoms with E-state index in [1.807, 2.05) is 0 Å². The number of anilines is 1. The fraction of sp³-hybridized carbons (Fsp3) is 0.0909. The molecule has 0 aliphatic heterocycles. The summed E-state index contributed by atoms with van der Waals surface area (Å²) in [6, 6.07) is 2.97. The average Bonchev–Trinajstić information content (AvgIpc) is 2.68. The van der Waals surface area contributed by atoms with Crippen molar-refractivity contribution in [1.29, 1.82) is 0 Å². The molecule has 0 bridgehead atoms. The minimum atomic E-state index is -1.05. The molecule has 6 heteroatoms. The highest BCUT2D eigenvalue weighted by molar-refractivity contribution is 6.04. The van der Waals surface area contributed by atoms with E-state index in [1.54, 1.807) is 13.2 Å². The fourth-order valence-electron chi connectivity index (χ4n) is 1.33. The number of nitrogens with zero attached hydrogens (tertiary/aromatic N) is 2. The van der Waals surface area contributed by atoms with Crippen molar-refractivity contribution in [3.8, 4) is 0 Å². The van der Waals surface area contributed by atoms with Crippen LogP contribution >= 0.6 is 0 Å². The second-order valence-corrected chi connectivity index (χ2v) is 3.49. The Kier molecular flexibility index (Phi) is 2.86. The molecule has 17 heavy (non-hydrogen) atoms. The number of nitrogens with one attached hydrogen (secondary N) is 1. The Bertz CT molecular complexity index is 566. The van der Waals surface area contributed by atoms with Gasteiger partial charge < -0.3 is 5.32 Å². The molecule has 0 unspecified atom stereocenters. The van der Waals surface area contributed by atoms with Gasteiger partial charge in [0.15, 0.2) is 11.6 Å². The van der Waals surface area contributed by atoms with Gasteiger partial charge in [-0.1, -0.05) is 0 Å². The fourth-order valence-corrected chi connectivity index (χ4v) is 1.33. The number of benzene rings is 1. The number of amides is 1. The standard InChI is InChI=1S/C11H9F2N3O/c1-16-6-8(5-14-16)15-11(17)7-2-3-9(12)10(13)4-7/h2-6H,1H3,(H,15,17). The van der Waals surface area contributed by atoms with Gasteiger partial charge in [0.05, 0.1) is 11.9 Å². The van der Waals surface area contributed by atoms with Gasteiger partial charge in [-0.3, -0.25) is 9.48 Å². The molecule has 0 aliphatic carbocycles. The average molecular weight is 237 g/mol. The van der Waals surface area contributed by atoms with Crippen LogP contribution in [0.4, 0.5) is 14.5 Å². The highest BCUT2D eigenvalue weighted by Gasteiger charge is 2.10. The highest BCUT2D eigenvalue weighted by Crippen LogP contribution is 2.11. The SMILES string of the molecule is Cn1cc(NC(=O)c2ccc(F)c(F)c2)cn1. The molecule has 88 valence electrons. The van der Waals surface area contributed by atoms with Crippen molar-refractivity contribution in [1.82, 2.24) is 9.78 Å². The van der Waals surface area contributed by atoms with Gasteiger partial charge in [0.1, 0.15) is 0 Å². The van der Waals surface area contributed by atoms with E-state index in [0.717, 1.165) is 12.1 Å². The zero-order valence-electron chi connectivity index (χ0n) is 8.95. The first-order valence-electron chi connectivity index (χ1n) is 4.81. The van der Waals surface area contributed by atoms with Crippen LogP contribution in [0.5, 0.6) is 0 Å². The van der Waals surface area contributed by atoms with Crippen LogP contribution < -0.4 is 5.32 Å². The van der Waals surface area contributed by atoms with Gasteiger partial charge in [0.2, 0.25) is 0 Å². The number of hydrogen-bond acceptors (Lipinski definition) is 2. The van der Waals surface area contributed by atoms with Crippen LogP contribution in [0.3, 0.4) is 0 Å². The maximum absolute atomic E-state index is 12.9. The number of halogens is 2. The Balaban J connectivity index is 2.17. The zero-order valence-corrected chi connectivity index (χ0v) is 8.95. The predicted molar refractivity (Wildman–Crippen MR) is 57.5 cm³/mol. The molecule has 0 saturated carbocycles. The molecule has 2 rings (SSSR count). The number of carbonyl (C=O) groups is 1. The predicted octanol–water partition coefficient (Wildman–Crippen LogP) is 1.95. The largest absolute Gasteiger partial charge is 0.319 e. The Morgan fingerprint density at radius 3 is 2.71 bits per heavy atom. The first-order valence-corrected chi connectivity index (χ1v) is 4.81. The van der Waals surface area contributed by atoms with Gasteiger partial charge in [-0.15, -0.1) is 0 Å². The van der Waals surface area contributed by atoms with Crippen LogP contribution in [0.1, 0.15) is 10.4 Å². The first-order chi connectivity index (χ1) is 8.06. The Hall–Kier alpha value is -2.24. The second-order valence-electron chi connectivity index (χ2n) is 3.49. The maximum Gasteiger partial charge on any atom is 0.255 e. The number of aromatic nitrogens is 2. The van der Waals surface area contributed by atoms with Gasteiger partial charge in [-0.2, -0.15) is 5.10 Å². The third-order valence-corrected chi connectivity index (χ3v) is 2.14. The van der Waals surface area contributed by atoms with E-state index < -0.39 is 17.5 Å². The first kappa shape index (κ1) is 11.3. The van der Waals surface area contributed by atoms with E-state index in [9.17, 15) is 13.6 Å². The van der Waals surface area contributed by atoms with Crippen LogP contribution in [-0.2, 0) is 7.05 Å². The van der Waals surface area contributed by atoms with Crippen molar-refractivity contribution in [2.75, 3.05) is 5.32 Å². The second kappa shape index (κ2) is 4.32. The summed E-state index contributed by atoms with van der Waals surface area (Å²) in [4.78, 5) is 11.6. The third-order valence-electron chi connectivity index (χ3n) is 2.14. The summed E-state index contributed by atoms with van der Waals surface area (Å²) in [7, 11) is 1.70. The van der Waals surface area contributed by atoms with Crippen molar-refractivity contribution in [3.05, 3.63) is 47.8 Å². The lowest BCUT2D eigenvalue weighted by Crippen LogP contribution is -2.11. The summed E-state index contributed by atoms with van der Waals surface area (Å²) >= 11 is 0. The summed E-state index contributed by atoms with van der Waals surface area (Å²) in [6.45, 7) is 0. The van der Waals surface area contributed by atoms with E-state index >= 15 is 0 Å². The number of hydrogen-bond donors (Lipinski definition) is 1. The molecule has 0 aliphatic rings. The Labute approximate surface area is 95.9 Å². The molecule has 0 saturated heterocycles. The number of aryl methyl sites for hydroxylation is 1. The van der Waals surface area contributed by atoms with Crippen molar-refractivity contribution in [2.45, 2.75) is 0 Å². The number of rotatable bonds is 2. The van der Waals surface area contributed by atoms with E-state index in [0.29, 0.717) is 5.69 Å². The van der Waals surface area contributed by atoms with Crippen LogP contribution in [-0.4, -0.2) is 15.7 Å². The molecule has 0 atom stereocenters. The molecular formula is C11H9F2N3O. The summed E-state index contributed by atoms with van der Waals surface area (Å²) in [5.41, 5.74) is 0.537. The topological polar surface area (TPSA) is 46.9 Å². The van der Waals surface area contributed by atoms with Gasteiger partial charge in [-0.05, 0) is 18.2 Å². The van der Waals surface area contributed by atoms with Crippen LogP contribution in [0.15, 0.2) is 30.6 Å². The summed E-state index contributed by atoms with van der Waals surface area (Å²) in [5, 5.41) is 6.38. The molecule has 2 aromatic rings. The van der Waals surface area contributed by atoms with Gasteiger partial charge in [-0.25, -0.2) is 8.78 Å². The van der Waals surface area contributed by atoms with Crippen LogP contribution in [0, 0.1) is 11.6 Å². The van der Waals surface area contributed by atoms with Gasteiger partial charge >= 0.3 is 0 Å².